The van der Waals surface area contributed by atoms with Crippen LogP contribution in [0.5, 0.6) is 6.01 Å². The van der Waals surface area contributed by atoms with Gasteiger partial charge in [0.25, 0.3) is 0 Å². The van der Waals surface area contributed by atoms with E-state index in [2.05, 4.69) is 20.3 Å². The number of nitrogens with zero attached hydrogens (tertiary/aromatic N) is 5. The van der Waals surface area contributed by atoms with Crippen LogP contribution >= 0.6 is 11.3 Å². The van der Waals surface area contributed by atoms with Crippen LogP contribution in [-0.2, 0) is 6.18 Å². The van der Waals surface area contributed by atoms with E-state index in [9.17, 15) is 22.0 Å². The topological polar surface area (TPSA) is 92.4 Å². The lowest BCUT2D eigenvalue weighted by Gasteiger charge is -2.32. The highest BCUT2D eigenvalue weighted by atomic mass is 32.1. The number of anilines is 2. The molecular weight excluding hydrogens is 620 g/mol. The Hall–Kier alpha value is -3.43. The van der Waals surface area contributed by atoms with Crippen molar-refractivity contribution in [2.75, 3.05) is 50.5 Å². The van der Waals surface area contributed by atoms with Crippen LogP contribution in [0.25, 0.3) is 32.2 Å². The third-order valence-electron chi connectivity index (χ3n) is 9.52. The monoisotopic (exact) mass is 651 g/mol. The molecule has 2 aromatic heterocycles. The summed E-state index contributed by atoms with van der Waals surface area (Å²) >= 11 is 0.758. The van der Waals surface area contributed by atoms with E-state index >= 15 is 4.39 Å². The number of nitrogen functional groups attached to an aromatic ring is 1. The smallest absolute Gasteiger partial charge is 0.417 e. The predicted octanol–water partition coefficient (Wildman–Crippen LogP) is 5.79. The first-order chi connectivity index (χ1) is 21.4. The van der Waals surface area contributed by atoms with Gasteiger partial charge < -0.3 is 20.7 Å². The van der Waals surface area contributed by atoms with Gasteiger partial charge in [0.15, 0.2) is 10.9 Å². The molecule has 0 spiro atoms. The van der Waals surface area contributed by atoms with Crippen molar-refractivity contribution >= 4 is 43.4 Å². The summed E-state index contributed by atoms with van der Waals surface area (Å²) in [5.41, 5.74) is 2.29. The zero-order chi connectivity index (χ0) is 31.8. The van der Waals surface area contributed by atoms with E-state index < -0.39 is 40.6 Å². The zero-order valence-electron chi connectivity index (χ0n) is 24.5. The van der Waals surface area contributed by atoms with Crippen molar-refractivity contribution in [1.82, 2.24) is 25.2 Å². The first-order valence-corrected chi connectivity index (χ1v) is 15.6. The average molecular weight is 652 g/mol. The Morgan fingerprint density at radius 1 is 1.18 bits per heavy atom. The highest BCUT2D eigenvalue weighted by Crippen LogP contribution is 2.46. The van der Waals surface area contributed by atoms with E-state index in [0.717, 1.165) is 42.5 Å². The Labute approximate surface area is 258 Å². The molecule has 3 N–H and O–H groups in total. The number of halogens is 6. The molecule has 0 aliphatic carbocycles. The van der Waals surface area contributed by atoms with Gasteiger partial charge in [0.05, 0.1) is 21.3 Å². The Morgan fingerprint density at radius 2 is 1.98 bits per heavy atom. The summed E-state index contributed by atoms with van der Waals surface area (Å²) in [4.78, 5) is 16.7. The lowest BCUT2D eigenvalue weighted by molar-refractivity contribution is -0.137. The molecule has 3 fully saturated rings. The summed E-state index contributed by atoms with van der Waals surface area (Å²) in [5.74, 6) is -1.82. The largest absolute Gasteiger partial charge is 0.461 e. The maximum atomic E-state index is 16.8. The van der Waals surface area contributed by atoms with E-state index in [1.807, 2.05) is 11.8 Å². The molecule has 4 aromatic rings. The SMILES string of the molecule is C[C@@H]1CNC[C@@H]1N(C)c1nc(OC[C@@]23CCCN2C[C@H](F)C3)nc2c(F)c(-c3ccc(F)c4sc(N)nc34)c(C(F)(F)F)cc12. The van der Waals surface area contributed by atoms with Gasteiger partial charge in [0.1, 0.15) is 29.9 Å². The van der Waals surface area contributed by atoms with E-state index in [1.54, 1.807) is 11.9 Å². The number of thiazole rings is 1. The fourth-order valence-corrected chi connectivity index (χ4v) is 8.09. The molecule has 0 amide bonds. The van der Waals surface area contributed by atoms with Crippen LogP contribution in [0.4, 0.5) is 37.3 Å². The van der Waals surface area contributed by atoms with E-state index in [4.69, 9.17) is 10.5 Å². The van der Waals surface area contributed by atoms with Crippen molar-refractivity contribution in [3.05, 3.63) is 35.4 Å². The van der Waals surface area contributed by atoms with Crippen molar-refractivity contribution in [3.63, 3.8) is 0 Å². The number of nitrogens with two attached hydrogens (primary N) is 1. The van der Waals surface area contributed by atoms with E-state index in [1.165, 1.54) is 0 Å². The van der Waals surface area contributed by atoms with Gasteiger partial charge in [-0.2, -0.15) is 23.1 Å². The molecule has 3 aliphatic rings. The molecule has 240 valence electrons. The number of benzene rings is 2. The summed E-state index contributed by atoms with van der Waals surface area (Å²) in [6.07, 6.45) is -4.14. The minimum absolute atomic E-state index is 0.0509. The Bertz CT molecular complexity index is 1800. The van der Waals surface area contributed by atoms with E-state index in [-0.39, 0.29) is 68.6 Å². The second-order valence-corrected chi connectivity index (χ2v) is 13.4. The Balaban J connectivity index is 1.43. The van der Waals surface area contributed by atoms with Gasteiger partial charge in [0, 0.05) is 49.1 Å². The molecular formula is C30H31F6N7OS. The van der Waals surface area contributed by atoms with Gasteiger partial charge in [-0.25, -0.2) is 18.2 Å². The zero-order valence-corrected chi connectivity index (χ0v) is 25.3. The van der Waals surface area contributed by atoms with Gasteiger partial charge in [-0.15, -0.1) is 0 Å². The highest BCUT2D eigenvalue weighted by molar-refractivity contribution is 7.22. The number of hydrogen-bond acceptors (Lipinski definition) is 9. The normalized spacial score (nSPS) is 25.5. The molecule has 2 aromatic carbocycles. The molecule has 4 atom stereocenters. The van der Waals surface area contributed by atoms with Crippen molar-refractivity contribution in [2.45, 2.75) is 50.1 Å². The summed E-state index contributed by atoms with van der Waals surface area (Å²) in [6, 6.07) is 2.48. The quantitative estimate of drug-likeness (QED) is 0.254. The van der Waals surface area contributed by atoms with Crippen molar-refractivity contribution in [3.8, 4) is 17.1 Å². The van der Waals surface area contributed by atoms with Gasteiger partial charge in [-0.05, 0) is 50.0 Å². The molecule has 3 saturated heterocycles. The fourth-order valence-electron chi connectivity index (χ4n) is 7.32. The highest BCUT2D eigenvalue weighted by Gasteiger charge is 2.49. The summed E-state index contributed by atoms with van der Waals surface area (Å²) in [5, 5.41) is 3.04. The molecule has 3 aliphatic heterocycles. The molecule has 7 rings (SSSR count). The number of rotatable bonds is 6. The van der Waals surface area contributed by atoms with Crippen molar-refractivity contribution < 1.29 is 31.1 Å². The number of likely N-dealkylation sites (N-methyl/N-ethyl adjacent to an activating group) is 1. The summed E-state index contributed by atoms with van der Waals surface area (Å²) in [6.45, 7) is 4.31. The van der Waals surface area contributed by atoms with Crippen LogP contribution in [0.15, 0.2) is 18.2 Å². The second kappa shape index (κ2) is 10.8. The number of aromatic nitrogens is 3. The van der Waals surface area contributed by atoms with Crippen molar-refractivity contribution in [1.29, 1.82) is 0 Å². The third kappa shape index (κ3) is 5.03. The summed E-state index contributed by atoms with van der Waals surface area (Å²) in [7, 11) is 1.70. The number of fused-ring (bicyclic) bond motifs is 3. The Morgan fingerprint density at radius 3 is 2.71 bits per heavy atom. The predicted molar refractivity (Wildman–Crippen MR) is 160 cm³/mol. The third-order valence-corrected chi connectivity index (χ3v) is 10.4. The van der Waals surface area contributed by atoms with Gasteiger partial charge in [0.2, 0.25) is 0 Å². The lowest BCUT2D eigenvalue weighted by Crippen LogP contribution is -2.43. The molecule has 0 unspecified atom stereocenters. The lowest BCUT2D eigenvalue weighted by atomic mass is 9.94. The number of hydrogen-bond donors (Lipinski definition) is 2. The molecule has 0 bridgehead atoms. The Kier molecular flexibility index (Phi) is 7.28. The minimum atomic E-state index is -5.00. The summed E-state index contributed by atoms with van der Waals surface area (Å²) < 4.78 is 96.0. The maximum absolute atomic E-state index is 16.8. The minimum Gasteiger partial charge on any atom is -0.461 e. The van der Waals surface area contributed by atoms with Crippen LogP contribution in [0.2, 0.25) is 0 Å². The van der Waals surface area contributed by atoms with Gasteiger partial charge >= 0.3 is 12.2 Å². The first kappa shape index (κ1) is 30.2. The number of ether oxygens (including phenoxy) is 1. The molecule has 45 heavy (non-hydrogen) atoms. The van der Waals surface area contributed by atoms with Crippen LogP contribution in [0.3, 0.4) is 0 Å². The number of nitrogens with one attached hydrogen (secondary N) is 1. The second-order valence-electron chi connectivity index (χ2n) is 12.3. The van der Waals surface area contributed by atoms with Crippen molar-refractivity contribution in [2.24, 2.45) is 5.92 Å². The molecule has 15 heteroatoms. The maximum Gasteiger partial charge on any atom is 0.417 e. The number of alkyl halides is 4. The molecule has 5 heterocycles. The standard InChI is InChI=1S/C30H31F6N7OS/c1-14-10-38-11-20(14)42(2)26-17-8-18(30(34,35)36)21(16-4-5-19(32)25-24(16)39-27(37)45-25)22(33)23(17)40-28(41-26)44-13-29-6-3-7-43(29)12-15(31)9-29/h4-5,8,14-15,20,38H,3,6-7,9-13H2,1-2H3,(H2,37,39)/t14-,15-,20+,29+/m1/s1. The first-order valence-electron chi connectivity index (χ1n) is 14.8. The van der Waals surface area contributed by atoms with Crippen LogP contribution in [-0.4, -0.2) is 77.4 Å². The molecule has 0 radical (unpaired) electrons. The van der Waals surface area contributed by atoms with Gasteiger partial charge in [-0.3, -0.25) is 4.90 Å². The molecule has 8 nitrogen and oxygen atoms in total. The van der Waals surface area contributed by atoms with Crippen LogP contribution in [0.1, 0.15) is 31.7 Å². The fraction of sp³-hybridized carbons (Fsp3) is 0.500. The van der Waals surface area contributed by atoms with Crippen LogP contribution in [0, 0.1) is 17.6 Å². The molecule has 0 saturated carbocycles. The average Bonchev–Trinajstić information content (AvgIpc) is 3.75. The van der Waals surface area contributed by atoms with E-state index in [0.29, 0.717) is 26.1 Å². The van der Waals surface area contributed by atoms with Gasteiger partial charge in [-0.1, -0.05) is 18.3 Å². The van der Waals surface area contributed by atoms with Crippen LogP contribution < -0.4 is 20.7 Å².